The highest BCUT2D eigenvalue weighted by molar-refractivity contribution is 5.43. The maximum Gasteiger partial charge on any atom is 0.422 e. The lowest BCUT2D eigenvalue weighted by Gasteiger charge is -2.15. The highest BCUT2D eigenvalue weighted by Gasteiger charge is 2.29. The van der Waals surface area contributed by atoms with E-state index in [1.807, 2.05) is 0 Å². The van der Waals surface area contributed by atoms with Crippen molar-refractivity contribution in [2.24, 2.45) is 5.92 Å². The smallest absolute Gasteiger partial charge is 0.422 e. The van der Waals surface area contributed by atoms with Crippen molar-refractivity contribution in [2.45, 2.75) is 38.5 Å². The number of nitrogens with one attached hydrogen (secondary N) is 1. The van der Waals surface area contributed by atoms with Crippen molar-refractivity contribution in [3.63, 3.8) is 0 Å². The minimum Gasteiger partial charge on any atom is -0.493 e. The summed E-state index contributed by atoms with van der Waals surface area (Å²) in [6.07, 6.45) is -1.83. The van der Waals surface area contributed by atoms with Crippen LogP contribution in [0, 0.1) is 5.92 Å². The van der Waals surface area contributed by atoms with E-state index in [0.29, 0.717) is 18.3 Å². The van der Waals surface area contributed by atoms with Crippen molar-refractivity contribution in [1.29, 1.82) is 0 Å². The Morgan fingerprint density at radius 2 is 2.00 bits per heavy atom. The third-order valence-corrected chi connectivity index (χ3v) is 3.58. The van der Waals surface area contributed by atoms with Gasteiger partial charge < -0.3 is 14.8 Å². The standard InChI is InChI=1S/C15H20F3NO2/c1-10(12-4-5-12)19-8-11-3-6-13(14(7-11)20-2)21-9-15(16,17)18/h3,6-7,10,12,19H,4-5,8-9H2,1-2H3. The third-order valence-electron chi connectivity index (χ3n) is 3.58. The Bertz CT molecular complexity index is 472. The fraction of sp³-hybridized carbons (Fsp3) is 0.600. The van der Waals surface area contributed by atoms with Gasteiger partial charge in [0.05, 0.1) is 7.11 Å². The molecule has 0 bridgehead atoms. The first kappa shape index (κ1) is 15.9. The summed E-state index contributed by atoms with van der Waals surface area (Å²) >= 11 is 0. The van der Waals surface area contributed by atoms with Gasteiger partial charge in [0.15, 0.2) is 18.1 Å². The molecule has 1 aromatic carbocycles. The molecule has 1 aliphatic carbocycles. The van der Waals surface area contributed by atoms with E-state index < -0.39 is 12.8 Å². The van der Waals surface area contributed by atoms with Crippen molar-refractivity contribution in [1.82, 2.24) is 5.32 Å². The molecule has 1 aromatic rings. The van der Waals surface area contributed by atoms with Crippen molar-refractivity contribution < 1.29 is 22.6 Å². The summed E-state index contributed by atoms with van der Waals surface area (Å²) in [4.78, 5) is 0. The summed E-state index contributed by atoms with van der Waals surface area (Å²) in [5, 5.41) is 3.41. The molecule has 2 rings (SSSR count). The van der Waals surface area contributed by atoms with Gasteiger partial charge in [-0.05, 0) is 43.4 Å². The first-order chi connectivity index (χ1) is 9.89. The minimum atomic E-state index is -4.36. The maximum absolute atomic E-state index is 12.2. The Balaban J connectivity index is 1.94. The number of hydrogen-bond acceptors (Lipinski definition) is 3. The van der Waals surface area contributed by atoms with E-state index in [-0.39, 0.29) is 5.75 Å². The number of rotatable bonds is 7. The largest absolute Gasteiger partial charge is 0.493 e. The normalized spacial score (nSPS) is 16.6. The first-order valence-corrected chi connectivity index (χ1v) is 6.99. The molecule has 1 aliphatic rings. The molecule has 6 heteroatoms. The second-order valence-corrected chi connectivity index (χ2v) is 5.40. The van der Waals surface area contributed by atoms with E-state index in [9.17, 15) is 13.2 Å². The van der Waals surface area contributed by atoms with Crippen LogP contribution < -0.4 is 14.8 Å². The number of alkyl halides is 3. The summed E-state index contributed by atoms with van der Waals surface area (Å²) < 4.78 is 46.4. The molecule has 1 unspecified atom stereocenters. The average Bonchev–Trinajstić information content (AvgIpc) is 3.26. The highest BCUT2D eigenvalue weighted by Crippen LogP contribution is 2.33. The molecular formula is C15H20F3NO2. The molecule has 3 nitrogen and oxygen atoms in total. The van der Waals surface area contributed by atoms with Crippen LogP contribution in [0.3, 0.4) is 0 Å². The monoisotopic (exact) mass is 303 g/mol. The molecule has 0 amide bonds. The van der Waals surface area contributed by atoms with E-state index in [4.69, 9.17) is 9.47 Å². The molecule has 0 spiro atoms. The molecule has 0 aromatic heterocycles. The zero-order valence-electron chi connectivity index (χ0n) is 12.2. The van der Waals surface area contributed by atoms with Crippen LogP contribution in [-0.2, 0) is 6.54 Å². The van der Waals surface area contributed by atoms with Gasteiger partial charge in [-0.25, -0.2) is 0 Å². The third kappa shape index (κ3) is 5.12. The first-order valence-electron chi connectivity index (χ1n) is 6.99. The lowest BCUT2D eigenvalue weighted by molar-refractivity contribution is -0.153. The zero-order valence-corrected chi connectivity index (χ0v) is 12.2. The van der Waals surface area contributed by atoms with Gasteiger partial charge in [0.2, 0.25) is 0 Å². The lowest BCUT2D eigenvalue weighted by Crippen LogP contribution is -2.27. The Morgan fingerprint density at radius 1 is 1.29 bits per heavy atom. The van der Waals surface area contributed by atoms with Crippen LogP contribution in [0.25, 0.3) is 0 Å². The average molecular weight is 303 g/mol. The molecule has 21 heavy (non-hydrogen) atoms. The fourth-order valence-electron chi connectivity index (χ4n) is 2.14. The Morgan fingerprint density at radius 3 is 2.57 bits per heavy atom. The Kier molecular flexibility index (Phi) is 4.98. The molecule has 118 valence electrons. The van der Waals surface area contributed by atoms with Gasteiger partial charge in [0, 0.05) is 12.6 Å². The van der Waals surface area contributed by atoms with E-state index in [2.05, 4.69) is 12.2 Å². The van der Waals surface area contributed by atoms with Crippen molar-refractivity contribution in [2.75, 3.05) is 13.7 Å². The summed E-state index contributed by atoms with van der Waals surface area (Å²) in [5.41, 5.74) is 0.957. The molecule has 0 radical (unpaired) electrons. The SMILES string of the molecule is COc1cc(CNC(C)C2CC2)ccc1OCC(F)(F)F. The lowest BCUT2D eigenvalue weighted by atomic mass is 10.1. The molecule has 1 atom stereocenters. The van der Waals surface area contributed by atoms with E-state index in [0.717, 1.165) is 11.5 Å². The molecule has 0 saturated heterocycles. The molecular weight excluding hydrogens is 283 g/mol. The fourth-order valence-corrected chi connectivity index (χ4v) is 2.14. The zero-order chi connectivity index (χ0) is 15.5. The van der Waals surface area contributed by atoms with Gasteiger partial charge in [0.1, 0.15) is 0 Å². The van der Waals surface area contributed by atoms with Crippen LogP contribution in [0.1, 0.15) is 25.3 Å². The second-order valence-electron chi connectivity index (χ2n) is 5.40. The second kappa shape index (κ2) is 6.56. The molecule has 1 saturated carbocycles. The molecule has 1 fully saturated rings. The van der Waals surface area contributed by atoms with Gasteiger partial charge in [-0.2, -0.15) is 13.2 Å². The van der Waals surface area contributed by atoms with Gasteiger partial charge in [-0.3, -0.25) is 0 Å². The molecule has 0 aliphatic heterocycles. The summed E-state index contributed by atoms with van der Waals surface area (Å²) in [6, 6.07) is 5.43. The molecule has 0 heterocycles. The summed E-state index contributed by atoms with van der Waals surface area (Å²) in [6.45, 7) is 1.49. The van der Waals surface area contributed by atoms with Gasteiger partial charge in [-0.15, -0.1) is 0 Å². The predicted molar refractivity (Wildman–Crippen MR) is 73.6 cm³/mol. The molecule has 1 N–H and O–H groups in total. The summed E-state index contributed by atoms with van der Waals surface area (Å²) in [5.74, 6) is 1.17. The van der Waals surface area contributed by atoms with E-state index in [1.165, 1.54) is 26.0 Å². The number of hydrogen-bond donors (Lipinski definition) is 1. The van der Waals surface area contributed by atoms with Crippen LogP contribution >= 0.6 is 0 Å². The Hall–Kier alpha value is -1.43. The van der Waals surface area contributed by atoms with Crippen LogP contribution in [0.4, 0.5) is 13.2 Å². The van der Waals surface area contributed by atoms with Gasteiger partial charge in [0.25, 0.3) is 0 Å². The van der Waals surface area contributed by atoms with Crippen molar-refractivity contribution in [3.8, 4) is 11.5 Å². The Labute approximate surface area is 122 Å². The topological polar surface area (TPSA) is 30.5 Å². The van der Waals surface area contributed by atoms with Crippen molar-refractivity contribution in [3.05, 3.63) is 23.8 Å². The van der Waals surface area contributed by atoms with Gasteiger partial charge >= 0.3 is 6.18 Å². The van der Waals surface area contributed by atoms with Crippen LogP contribution in [-0.4, -0.2) is 25.9 Å². The van der Waals surface area contributed by atoms with Crippen LogP contribution in [0.15, 0.2) is 18.2 Å². The predicted octanol–water partition coefficient (Wildman–Crippen LogP) is 3.52. The maximum atomic E-state index is 12.2. The van der Waals surface area contributed by atoms with E-state index >= 15 is 0 Å². The highest BCUT2D eigenvalue weighted by atomic mass is 19.4. The van der Waals surface area contributed by atoms with Gasteiger partial charge in [-0.1, -0.05) is 6.07 Å². The van der Waals surface area contributed by atoms with Crippen LogP contribution in [0.2, 0.25) is 0 Å². The van der Waals surface area contributed by atoms with Crippen molar-refractivity contribution >= 4 is 0 Å². The number of methoxy groups -OCH3 is 1. The van der Waals surface area contributed by atoms with E-state index in [1.54, 1.807) is 12.1 Å². The number of ether oxygens (including phenoxy) is 2. The number of benzene rings is 1. The minimum absolute atomic E-state index is 0.105. The summed E-state index contributed by atoms with van der Waals surface area (Å²) in [7, 11) is 1.42. The number of halogens is 3. The van der Waals surface area contributed by atoms with Crippen LogP contribution in [0.5, 0.6) is 11.5 Å². The quantitative estimate of drug-likeness (QED) is 0.836.